The zero-order valence-corrected chi connectivity index (χ0v) is 18.1. The van der Waals surface area contributed by atoms with Crippen molar-refractivity contribution in [2.45, 2.75) is 18.2 Å². The van der Waals surface area contributed by atoms with Crippen molar-refractivity contribution in [1.82, 2.24) is 14.5 Å². The molecule has 0 radical (unpaired) electrons. The highest BCUT2D eigenvalue weighted by Crippen LogP contribution is 2.24. The van der Waals surface area contributed by atoms with Crippen LogP contribution < -0.4 is 5.32 Å². The number of nitrogens with one attached hydrogen (secondary N) is 1. The highest BCUT2D eigenvalue weighted by atomic mass is 32.2. The van der Waals surface area contributed by atoms with Crippen molar-refractivity contribution in [1.29, 1.82) is 0 Å². The number of carbonyl (C=O) groups excluding carboxylic acids is 2. The molecule has 1 aliphatic heterocycles. The first-order chi connectivity index (χ1) is 15.1. The summed E-state index contributed by atoms with van der Waals surface area (Å²) in [5, 5.41) is 2.68. The molecule has 0 aromatic heterocycles. The Morgan fingerprint density at radius 1 is 0.969 bits per heavy atom. The van der Waals surface area contributed by atoms with Crippen molar-refractivity contribution >= 4 is 21.8 Å². The van der Waals surface area contributed by atoms with Crippen LogP contribution in [-0.4, -0.2) is 62.2 Å². The fourth-order valence-corrected chi connectivity index (χ4v) is 4.87. The average Bonchev–Trinajstić information content (AvgIpc) is 2.77. The van der Waals surface area contributed by atoms with Gasteiger partial charge in [-0.1, -0.05) is 18.2 Å². The van der Waals surface area contributed by atoms with Crippen LogP contribution in [0, 0.1) is 24.4 Å². The summed E-state index contributed by atoms with van der Waals surface area (Å²) in [4.78, 5) is 25.1. The molecule has 1 heterocycles. The second-order valence-electron chi connectivity index (χ2n) is 7.28. The number of benzene rings is 2. The Kier molecular flexibility index (Phi) is 7.19. The number of amides is 2. The van der Waals surface area contributed by atoms with E-state index in [1.54, 1.807) is 25.1 Å². The molecule has 1 fully saturated rings. The molecule has 1 N–H and O–H groups in total. The standard InChI is InChI=1S/C21H22F3N3O4S/c1-14-4-2-3-5-15(14)21(29)25-9-8-18(28)26-10-12-27(13-11-26)32(30,31)17-7-6-16(22)19(23)20(17)24/h2-7H,8-13H2,1H3,(H,25,29). The molecule has 2 amide bonds. The Morgan fingerprint density at radius 3 is 2.28 bits per heavy atom. The van der Waals surface area contributed by atoms with Crippen molar-refractivity contribution in [3.63, 3.8) is 0 Å². The molecule has 7 nitrogen and oxygen atoms in total. The molecule has 0 atom stereocenters. The molecular formula is C21H22F3N3O4S. The molecule has 0 aliphatic carbocycles. The van der Waals surface area contributed by atoms with Crippen molar-refractivity contribution in [3.8, 4) is 0 Å². The van der Waals surface area contributed by atoms with E-state index in [-0.39, 0.29) is 51.0 Å². The van der Waals surface area contributed by atoms with Crippen LogP contribution in [0.4, 0.5) is 13.2 Å². The van der Waals surface area contributed by atoms with E-state index in [9.17, 15) is 31.2 Å². The summed E-state index contributed by atoms with van der Waals surface area (Å²) < 4.78 is 66.6. The molecule has 2 aromatic carbocycles. The Balaban J connectivity index is 1.53. The van der Waals surface area contributed by atoms with Crippen LogP contribution >= 0.6 is 0 Å². The molecule has 0 unspecified atom stereocenters. The molecule has 172 valence electrons. The summed E-state index contributed by atoms with van der Waals surface area (Å²) in [6.45, 7) is 1.78. The lowest BCUT2D eigenvalue weighted by molar-refractivity contribution is -0.132. The molecule has 2 aromatic rings. The van der Waals surface area contributed by atoms with Gasteiger partial charge in [-0.15, -0.1) is 0 Å². The van der Waals surface area contributed by atoms with Crippen LogP contribution in [0.2, 0.25) is 0 Å². The summed E-state index contributed by atoms with van der Waals surface area (Å²) in [5.74, 6) is -5.67. The number of aryl methyl sites for hydroxylation is 1. The Hall–Kier alpha value is -2.92. The number of nitrogens with zero attached hydrogens (tertiary/aromatic N) is 2. The molecule has 3 rings (SSSR count). The van der Waals surface area contributed by atoms with Gasteiger partial charge in [0.1, 0.15) is 4.90 Å². The van der Waals surface area contributed by atoms with Crippen LogP contribution in [0.5, 0.6) is 0 Å². The predicted octanol–water partition coefficient (Wildman–Crippen LogP) is 2.07. The third-order valence-electron chi connectivity index (χ3n) is 5.22. The van der Waals surface area contributed by atoms with Gasteiger partial charge in [0.05, 0.1) is 0 Å². The Labute approximate surface area is 183 Å². The number of halogens is 3. The Bertz CT molecular complexity index is 1130. The van der Waals surface area contributed by atoms with Gasteiger partial charge in [-0.3, -0.25) is 9.59 Å². The van der Waals surface area contributed by atoms with Crippen molar-refractivity contribution in [3.05, 3.63) is 65.0 Å². The SMILES string of the molecule is Cc1ccccc1C(=O)NCCC(=O)N1CCN(S(=O)(=O)c2ccc(F)c(F)c2F)CC1. The molecule has 1 aliphatic rings. The first kappa shape index (κ1) is 23.7. The highest BCUT2D eigenvalue weighted by Gasteiger charge is 2.33. The van der Waals surface area contributed by atoms with E-state index >= 15 is 0 Å². The number of carbonyl (C=O) groups is 2. The van der Waals surface area contributed by atoms with Gasteiger partial charge >= 0.3 is 0 Å². The molecule has 32 heavy (non-hydrogen) atoms. The smallest absolute Gasteiger partial charge is 0.251 e. The maximum atomic E-state index is 14.0. The molecule has 11 heteroatoms. The molecular weight excluding hydrogens is 447 g/mol. The fourth-order valence-electron chi connectivity index (χ4n) is 3.39. The van der Waals surface area contributed by atoms with Gasteiger partial charge in [0.25, 0.3) is 5.91 Å². The Morgan fingerprint density at radius 2 is 1.62 bits per heavy atom. The molecule has 0 bridgehead atoms. The zero-order valence-electron chi connectivity index (χ0n) is 17.3. The van der Waals surface area contributed by atoms with Crippen molar-refractivity contribution in [2.24, 2.45) is 0 Å². The van der Waals surface area contributed by atoms with Crippen LogP contribution in [0.15, 0.2) is 41.3 Å². The largest absolute Gasteiger partial charge is 0.352 e. The number of rotatable bonds is 6. The van der Waals surface area contributed by atoms with Gasteiger partial charge in [-0.25, -0.2) is 21.6 Å². The number of sulfonamides is 1. The topological polar surface area (TPSA) is 86.8 Å². The fraction of sp³-hybridized carbons (Fsp3) is 0.333. The second kappa shape index (κ2) is 9.70. The summed E-state index contributed by atoms with van der Waals surface area (Å²) in [6.07, 6.45) is 0.0299. The van der Waals surface area contributed by atoms with Gasteiger partial charge in [0, 0.05) is 44.7 Å². The summed E-state index contributed by atoms with van der Waals surface area (Å²) in [5.41, 5.74) is 1.33. The lowest BCUT2D eigenvalue weighted by atomic mass is 10.1. The second-order valence-corrected chi connectivity index (χ2v) is 9.19. The third kappa shape index (κ3) is 4.94. The van der Waals surface area contributed by atoms with Gasteiger partial charge in [-0.05, 0) is 30.7 Å². The monoisotopic (exact) mass is 469 g/mol. The maximum absolute atomic E-state index is 14.0. The summed E-state index contributed by atoms with van der Waals surface area (Å²) in [6, 6.07) is 8.28. The van der Waals surface area contributed by atoms with E-state index in [1.165, 1.54) is 4.90 Å². The minimum absolute atomic E-state index is 0.0299. The first-order valence-electron chi connectivity index (χ1n) is 9.88. The quantitative estimate of drug-likeness (QED) is 0.657. The van der Waals surface area contributed by atoms with Gasteiger partial charge in [0.15, 0.2) is 17.5 Å². The normalized spacial score (nSPS) is 14.9. The van der Waals surface area contributed by atoms with E-state index in [4.69, 9.17) is 0 Å². The van der Waals surface area contributed by atoms with Crippen molar-refractivity contribution < 1.29 is 31.2 Å². The summed E-state index contributed by atoms with van der Waals surface area (Å²) >= 11 is 0. The van der Waals surface area contributed by atoms with Crippen LogP contribution in [0.3, 0.4) is 0 Å². The van der Waals surface area contributed by atoms with E-state index in [2.05, 4.69) is 5.32 Å². The lowest BCUT2D eigenvalue weighted by Crippen LogP contribution is -2.51. The number of piperazine rings is 1. The van der Waals surface area contributed by atoms with Crippen molar-refractivity contribution in [2.75, 3.05) is 32.7 Å². The van der Waals surface area contributed by atoms with Crippen LogP contribution in [-0.2, 0) is 14.8 Å². The maximum Gasteiger partial charge on any atom is 0.251 e. The summed E-state index contributed by atoms with van der Waals surface area (Å²) in [7, 11) is -4.39. The van der Waals surface area contributed by atoms with Crippen LogP contribution in [0.1, 0.15) is 22.3 Å². The predicted molar refractivity (Wildman–Crippen MR) is 110 cm³/mol. The minimum Gasteiger partial charge on any atom is -0.352 e. The minimum atomic E-state index is -4.39. The van der Waals surface area contributed by atoms with E-state index < -0.39 is 32.4 Å². The van der Waals surface area contributed by atoms with Crippen LogP contribution in [0.25, 0.3) is 0 Å². The third-order valence-corrected chi connectivity index (χ3v) is 7.14. The first-order valence-corrected chi connectivity index (χ1v) is 11.3. The number of hydrogen-bond acceptors (Lipinski definition) is 4. The number of hydrogen-bond donors (Lipinski definition) is 1. The van der Waals surface area contributed by atoms with E-state index in [1.807, 2.05) is 6.07 Å². The molecule has 1 saturated heterocycles. The van der Waals surface area contributed by atoms with Gasteiger partial charge in [0.2, 0.25) is 15.9 Å². The lowest BCUT2D eigenvalue weighted by Gasteiger charge is -2.34. The van der Waals surface area contributed by atoms with Gasteiger partial charge < -0.3 is 10.2 Å². The molecule has 0 spiro atoms. The van der Waals surface area contributed by atoms with E-state index in [0.29, 0.717) is 17.7 Å². The van der Waals surface area contributed by atoms with Gasteiger partial charge in [-0.2, -0.15) is 4.31 Å². The zero-order chi connectivity index (χ0) is 23.5. The average molecular weight is 469 g/mol. The van der Waals surface area contributed by atoms with E-state index in [0.717, 1.165) is 9.87 Å². The molecule has 0 saturated carbocycles. The highest BCUT2D eigenvalue weighted by molar-refractivity contribution is 7.89.